The molecule has 0 atom stereocenters. The first-order valence-corrected chi connectivity index (χ1v) is 15.4. The van der Waals surface area contributed by atoms with Gasteiger partial charge in [-0.05, 0) is 46.5 Å². The van der Waals surface area contributed by atoms with E-state index in [1.54, 1.807) is 24.3 Å². The Balaban J connectivity index is 0.873. The van der Waals surface area contributed by atoms with Crippen molar-refractivity contribution in [2.45, 2.75) is 0 Å². The standard InChI is InChI=1S/C38H34O9/c39-37-13-11-31-33(27-7-3-1-4-8-27)23-29(25-35(31)46-37)44-21-19-42-17-15-41-16-18-43-20-22-45-30-24-34(28-9-5-2-6-10-28)32-12-14-38(40)47-36(32)26-30/h1-14,23-26H,15-22H2. The van der Waals surface area contributed by atoms with Gasteiger partial charge in [-0.25, -0.2) is 9.59 Å². The highest BCUT2D eigenvalue weighted by molar-refractivity contribution is 5.95. The molecule has 0 radical (unpaired) electrons. The maximum absolute atomic E-state index is 11.8. The van der Waals surface area contributed by atoms with E-state index in [0.717, 1.165) is 33.0 Å². The Morgan fingerprint density at radius 2 is 0.809 bits per heavy atom. The second kappa shape index (κ2) is 15.9. The zero-order chi connectivity index (χ0) is 32.3. The Morgan fingerprint density at radius 1 is 0.426 bits per heavy atom. The molecule has 6 rings (SSSR count). The van der Waals surface area contributed by atoms with E-state index in [1.807, 2.05) is 72.8 Å². The van der Waals surface area contributed by atoms with Gasteiger partial charge < -0.3 is 32.5 Å². The molecule has 0 fully saturated rings. The molecule has 0 amide bonds. The molecule has 0 aliphatic rings. The largest absolute Gasteiger partial charge is 0.491 e. The van der Waals surface area contributed by atoms with Gasteiger partial charge in [0.15, 0.2) is 0 Å². The molecule has 9 heteroatoms. The lowest BCUT2D eigenvalue weighted by molar-refractivity contribution is 0.00500. The number of ether oxygens (including phenoxy) is 5. The number of fused-ring (bicyclic) bond motifs is 2. The maximum Gasteiger partial charge on any atom is 0.336 e. The summed E-state index contributed by atoms with van der Waals surface area (Å²) in [7, 11) is 0. The lowest BCUT2D eigenvalue weighted by Crippen LogP contribution is -2.14. The Kier molecular flexibility index (Phi) is 10.7. The highest BCUT2D eigenvalue weighted by Gasteiger charge is 2.11. The number of rotatable bonds is 16. The molecule has 0 aliphatic carbocycles. The van der Waals surface area contributed by atoms with Crippen LogP contribution >= 0.6 is 0 Å². The van der Waals surface area contributed by atoms with Crippen molar-refractivity contribution in [2.24, 2.45) is 0 Å². The van der Waals surface area contributed by atoms with Crippen LogP contribution in [-0.2, 0) is 14.2 Å². The summed E-state index contributed by atoms with van der Waals surface area (Å²) in [6, 6.07) is 33.5. The molecule has 4 aromatic carbocycles. The second-order valence-corrected chi connectivity index (χ2v) is 10.5. The van der Waals surface area contributed by atoms with Crippen molar-refractivity contribution in [3.05, 3.63) is 130 Å². The van der Waals surface area contributed by atoms with Gasteiger partial charge in [-0.2, -0.15) is 0 Å². The minimum Gasteiger partial charge on any atom is -0.491 e. The molecule has 0 saturated heterocycles. The van der Waals surface area contributed by atoms with E-state index in [1.165, 1.54) is 12.1 Å². The Morgan fingerprint density at radius 3 is 1.21 bits per heavy atom. The molecule has 0 N–H and O–H groups in total. The van der Waals surface area contributed by atoms with Crippen LogP contribution in [0.5, 0.6) is 11.5 Å². The topological polar surface area (TPSA) is 107 Å². The average Bonchev–Trinajstić information content (AvgIpc) is 3.10. The fraction of sp³-hybridized carbons (Fsp3) is 0.211. The third kappa shape index (κ3) is 8.53. The summed E-state index contributed by atoms with van der Waals surface area (Å²) in [5.74, 6) is 1.19. The molecule has 6 aromatic rings. The van der Waals surface area contributed by atoms with Gasteiger partial charge in [0.1, 0.15) is 35.9 Å². The van der Waals surface area contributed by atoms with Crippen LogP contribution in [0.2, 0.25) is 0 Å². The van der Waals surface area contributed by atoms with E-state index in [0.29, 0.717) is 75.5 Å². The Labute approximate surface area is 270 Å². The van der Waals surface area contributed by atoms with Crippen molar-refractivity contribution in [1.29, 1.82) is 0 Å². The van der Waals surface area contributed by atoms with Gasteiger partial charge in [0, 0.05) is 35.0 Å². The van der Waals surface area contributed by atoms with E-state index < -0.39 is 11.3 Å². The van der Waals surface area contributed by atoms with Gasteiger partial charge in [0.25, 0.3) is 0 Å². The first-order chi connectivity index (χ1) is 23.1. The molecule has 0 aliphatic heterocycles. The van der Waals surface area contributed by atoms with Gasteiger partial charge in [-0.1, -0.05) is 60.7 Å². The van der Waals surface area contributed by atoms with Gasteiger partial charge in [0.05, 0.1) is 39.6 Å². The van der Waals surface area contributed by atoms with E-state index in [2.05, 4.69) is 0 Å². The molecule has 0 saturated carbocycles. The van der Waals surface area contributed by atoms with E-state index >= 15 is 0 Å². The Bertz CT molecular complexity index is 1870. The van der Waals surface area contributed by atoms with Crippen molar-refractivity contribution in [1.82, 2.24) is 0 Å². The highest BCUT2D eigenvalue weighted by atomic mass is 16.6. The fourth-order valence-corrected chi connectivity index (χ4v) is 5.16. The molecule has 0 spiro atoms. The molecule has 9 nitrogen and oxygen atoms in total. The van der Waals surface area contributed by atoms with Crippen LogP contribution in [0.4, 0.5) is 0 Å². The van der Waals surface area contributed by atoms with E-state index in [4.69, 9.17) is 32.5 Å². The molecule has 0 bridgehead atoms. The normalized spacial score (nSPS) is 11.2. The second-order valence-electron chi connectivity index (χ2n) is 10.5. The summed E-state index contributed by atoms with van der Waals surface area (Å²) in [4.78, 5) is 23.6. The summed E-state index contributed by atoms with van der Waals surface area (Å²) >= 11 is 0. The smallest absolute Gasteiger partial charge is 0.336 e. The summed E-state index contributed by atoms with van der Waals surface area (Å²) < 4.78 is 39.5. The molecule has 2 heterocycles. The third-order valence-electron chi connectivity index (χ3n) is 7.33. The van der Waals surface area contributed by atoms with Crippen LogP contribution < -0.4 is 20.7 Å². The van der Waals surface area contributed by atoms with Crippen LogP contribution in [-0.4, -0.2) is 52.9 Å². The third-order valence-corrected chi connectivity index (χ3v) is 7.33. The monoisotopic (exact) mass is 634 g/mol. The van der Waals surface area contributed by atoms with Crippen molar-refractivity contribution < 1.29 is 32.5 Å². The van der Waals surface area contributed by atoms with Crippen molar-refractivity contribution >= 4 is 21.9 Å². The molecule has 2 aromatic heterocycles. The number of hydrogen-bond donors (Lipinski definition) is 0. The van der Waals surface area contributed by atoms with Crippen molar-refractivity contribution in [2.75, 3.05) is 52.9 Å². The molecule has 47 heavy (non-hydrogen) atoms. The minimum atomic E-state index is -0.410. The lowest BCUT2D eigenvalue weighted by atomic mass is 10.0. The highest BCUT2D eigenvalue weighted by Crippen LogP contribution is 2.33. The van der Waals surface area contributed by atoms with Gasteiger partial charge in [0.2, 0.25) is 0 Å². The van der Waals surface area contributed by atoms with Crippen LogP contribution in [0.25, 0.3) is 44.2 Å². The summed E-state index contributed by atoms with van der Waals surface area (Å²) in [5, 5.41) is 1.68. The fourth-order valence-electron chi connectivity index (χ4n) is 5.16. The number of benzene rings is 4. The summed E-state index contributed by atoms with van der Waals surface area (Å²) in [5.41, 5.74) is 3.96. The van der Waals surface area contributed by atoms with Crippen LogP contribution in [0.3, 0.4) is 0 Å². The predicted molar refractivity (Wildman–Crippen MR) is 179 cm³/mol. The first-order valence-electron chi connectivity index (χ1n) is 15.4. The van der Waals surface area contributed by atoms with Gasteiger partial charge in [-0.3, -0.25) is 0 Å². The maximum atomic E-state index is 11.8. The van der Waals surface area contributed by atoms with Crippen molar-refractivity contribution in [3.63, 3.8) is 0 Å². The molecule has 0 unspecified atom stereocenters. The minimum absolute atomic E-state index is 0.329. The molecular weight excluding hydrogens is 600 g/mol. The zero-order valence-electron chi connectivity index (χ0n) is 25.7. The lowest BCUT2D eigenvalue weighted by Gasteiger charge is -2.12. The summed E-state index contributed by atoms with van der Waals surface area (Å²) in [6.07, 6.45) is 0. The van der Waals surface area contributed by atoms with Crippen LogP contribution in [0.1, 0.15) is 0 Å². The average molecular weight is 635 g/mol. The van der Waals surface area contributed by atoms with Gasteiger partial charge in [-0.15, -0.1) is 0 Å². The van der Waals surface area contributed by atoms with Gasteiger partial charge >= 0.3 is 11.3 Å². The SMILES string of the molecule is O=c1ccc2c(-c3ccccc3)cc(OCCOCCOCCOCCOc3cc(-c4ccccc4)c4ccc(=O)oc4c3)cc2o1. The van der Waals surface area contributed by atoms with Crippen molar-refractivity contribution in [3.8, 4) is 33.8 Å². The van der Waals surface area contributed by atoms with E-state index in [9.17, 15) is 9.59 Å². The van der Waals surface area contributed by atoms with Crippen LogP contribution in [0, 0.1) is 0 Å². The summed E-state index contributed by atoms with van der Waals surface area (Å²) in [6.45, 7) is 3.07. The molecular formula is C38H34O9. The quantitative estimate of drug-likeness (QED) is 0.0845. The molecule has 240 valence electrons. The first kappa shape index (κ1) is 31.7. The van der Waals surface area contributed by atoms with E-state index in [-0.39, 0.29) is 0 Å². The predicted octanol–water partition coefficient (Wildman–Crippen LogP) is 6.74. The number of hydrogen-bond acceptors (Lipinski definition) is 9. The Hall–Kier alpha value is -5.22. The van der Waals surface area contributed by atoms with Crippen LogP contribution in [0.15, 0.2) is 128 Å². The zero-order valence-corrected chi connectivity index (χ0v) is 25.7.